The number of benzene rings is 1. The third-order valence-electron chi connectivity index (χ3n) is 3.41. The smallest absolute Gasteiger partial charge is 0.121 e. The van der Waals surface area contributed by atoms with Crippen molar-refractivity contribution in [2.24, 2.45) is 10.5 Å². The first kappa shape index (κ1) is 11.7. The highest BCUT2D eigenvalue weighted by Crippen LogP contribution is 2.37. The fourth-order valence-electron chi connectivity index (χ4n) is 2.23. The van der Waals surface area contributed by atoms with E-state index in [1.807, 2.05) is 0 Å². The standard InChI is InChI=1S/C15H20N2O/c1-15(2,3)14(13-10-18-13)16-17-9-12(17)11-7-5-4-6-8-11/h4-8,12-13H,9-10H2,1-3H3/b16-14+. The molecule has 2 fully saturated rings. The molecular weight excluding hydrogens is 224 g/mol. The van der Waals surface area contributed by atoms with Crippen molar-refractivity contribution in [3.8, 4) is 0 Å². The Morgan fingerprint density at radius 2 is 1.94 bits per heavy atom. The van der Waals surface area contributed by atoms with E-state index in [0.29, 0.717) is 6.04 Å². The molecule has 2 saturated heterocycles. The van der Waals surface area contributed by atoms with Crippen molar-refractivity contribution in [1.82, 2.24) is 5.01 Å². The molecule has 3 heteroatoms. The van der Waals surface area contributed by atoms with Gasteiger partial charge in [0.25, 0.3) is 0 Å². The molecule has 2 aliphatic rings. The van der Waals surface area contributed by atoms with Gasteiger partial charge in [-0.15, -0.1) is 0 Å². The Bertz CT molecular complexity index is 457. The molecule has 0 amide bonds. The van der Waals surface area contributed by atoms with Crippen molar-refractivity contribution in [3.05, 3.63) is 35.9 Å². The number of hydrazone groups is 1. The first-order chi connectivity index (χ1) is 8.55. The summed E-state index contributed by atoms with van der Waals surface area (Å²) in [6.07, 6.45) is 0.252. The molecule has 2 unspecified atom stereocenters. The molecule has 0 N–H and O–H groups in total. The van der Waals surface area contributed by atoms with E-state index < -0.39 is 0 Å². The summed E-state index contributed by atoms with van der Waals surface area (Å²) in [6.45, 7) is 8.47. The molecule has 0 aliphatic carbocycles. The van der Waals surface area contributed by atoms with Crippen LogP contribution in [0.1, 0.15) is 32.4 Å². The predicted octanol–water partition coefficient (Wildman–Crippen LogP) is 2.84. The van der Waals surface area contributed by atoms with Gasteiger partial charge < -0.3 is 4.74 Å². The van der Waals surface area contributed by atoms with E-state index in [2.05, 4.69) is 56.1 Å². The van der Waals surface area contributed by atoms with E-state index in [0.717, 1.165) is 13.2 Å². The summed E-state index contributed by atoms with van der Waals surface area (Å²) in [6, 6.07) is 11.0. The molecule has 3 rings (SSSR count). The number of nitrogens with zero attached hydrogens (tertiary/aromatic N) is 2. The number of epoxide rings is 1. The number of ether oxygens (including phenoxy) is 1. The van der Waals surface area contributed by atoms with E-state index >= 15 is 0 Å². The molecule has 0 aromatic heterocycles. The topological polar surface area (TPSA) is 27.9 Å². The van der Waals surface area contributed by atoms with Crippen LogP contribution in [-0.4, -0.2) is 30.0 Å². The van der Waals surface area contributed by atoms with Gasteiger partial charge in [0, 0.05) is 5.41 Å². The molecule has 2 aliphatic heterocycles. The highest BCUT2D eigenvalue weighted by atomic mass is 16.6. The summed E-state index contributed by atoms with van der Waals surface area (Å²) in [5.41, 5.74) is 2.62. The molecule has 1 aromatic carbocycles. The van der Waals surface area contributed by atoms with Crippen LogP contribution in [0.15, 0.2) is 35.4 Å². The maximum Gasteiger partial charge on any atom is 0.121 e. The molecule has 1 aromatic rings. The van der Waals surface area contributed by atoms with Gasteiger partial charge in [-0.2, -0.15) is 5.10 Å². The van der Waals surface area contributed by atoms with Gasteiger partial charge in [-0.1, -0.05) is 51.1 Å². The second-order valence-electron chi connectivity index (χ2n) is 6.11. The Morgan fingerprint density at radius 3 is 2.50 bits per heavy atom. The largest absolute Gasteiger partial charge is 0.367 e. The average Bonchev–Trinajstić information content (AvgIpc) is 3.20. The van der Waals surface area contributed by atoms with Gasteiger partial charge in [0.05, 0.1) is 24.9 Å². The fourth-order valence-corrected chi connectivity index (χ4v) is 2.23. The number of rotatable bonds is 3. The van der Waals surface area contributed by atoms with Gasteiger partial charge in [0.1, 0.15) is 6.10 Å². The van der Waals surface area contributed by atoms with Crippen LogP contribution in [-0.2, 0) is 4.74 Å². The van der Waals surface area contributed by atoms with Crippen LogP contribution in [0.25, 0.3) is 0 Å². The lowest BCUT2D eigenvalue weighted by molar-refractivity contribution is 0.423. The SMILES string of the molecule is CC(C)(C)/C(=N/N1CC1c1ccccc1)C1CO1. The van der Waals surface area contributed by atoms with Gasteiger partial charge >= 0.3 is 0 Å². The first-order valence-electron chi connectivity index (χ1n) is 6.58. The van der Waals surface area contributed by atoms with Gasteiger partial charge in [0.15, 0.2) is 0 Å². The van der Waals surface area contributed by atoms with E-state index in [-0.39, 0.29) is 11.5 Å². The second-order valence-corrected chi connectivity index (χ2v) is 6.11. The van der Waals surface area contributed by atoms with E-state index in [1.165, 1.54) is 11.3 Å². The van der Waals surface area contributed by atoms with Crippen molar-refractivity contribution in [3.63, 3.8) is 0 Å². The van der Waals surface area contributed by atoms with Crippen molar-refractivity contribution in [2.45, 2.75) is 32.9 Å². The molecule has 18 heavy (non-hydrogen) atoms. The lowest BCUT2D eigenvalue weighted by Crippen LogP contribution is -2.26. The second kappa shape index (κ2) is 4.09. The maximum absolute atomic E-state index is 5.41. The molecule has 0 radical (unpaired) electrons. The quantitative estimate of drug-likeness (QED) is 0.604. The highest BCUT2D eigenvalue weighted by molar-refractivity contribution is 5.94. The van der Waals surface area contributed by atoms with Crippen LogP contribution in [0.5, 0.6) is 0 Å². The number of hydrogen-bond donors (Lipinski definition) is 0. The zero-order valence-corrected chi connectivity index (χ0v) is 11.3. The molecule has 2 atom stereocenters. The minimum Gasteiger partial charge on any atom is -0.367 e. The summed E-state index contributed by atoms with van der Waals surface area (Å²) in [5.74, 6) is 0. The fraction of sp³-hybridized carbons (Fsp3) is 0.533. The van der Waals surface area contributed by atoms with Gasteiger partial charge in [-0.25, -0.2) is 0 Å². The zero-order valence-electron chi connectivity index (χ0n) is 11.3. The maximum atomic E-state index is 5.41. The van der Waals surface area contributed by atoms with Gasteiger partial charge in [0.2, 0.25) is 0 Å². The molecular formula is C15H20N2O. The van der Waals surface area contributed by atoms with Crippen LogP contribution in [0, 0.1) is 5.41 Å². The van der Waals surface area contributed by atoms with Crippen molar-refractivity contribution in [2.75, 3.05) is 13.2 Å². The molecule has 0 saturated carbocycles. The monoisotopic (exact) mass is 244 g/mol. The Hall–Kier alpha value is -1.35. The predicted molar refractivity (Wildman–Crippen MR) is 72.5 cm³/mol. The normalized spacial score (nSPS) is 27.3. The van der Waals surface area contributed by atoms with Crippen LogP contribution in [0.4, 0.5) is 0 Å². The summed E-state index contributed by atoms with van der Waals surface area (Å²) in [5, 5.41) is 6.97. The summed E-state index contributed by atoms with van der Waals surface area (Å²) < 4.78 is 5.41. The molecule has 96 valence electrons. The Balaban J connectivity index is 1.74. The Morgan fingerprint density at radius 1 is 1.28 bits per heavy atom. The molecule has 0 bridgehead atoms. The average molecular weight is 244 g/mol. The minimum atomic E-state index is 0.0883. The van der Waals surface area contributed by atoms with Gasteiger partial charge in [-0.05, 0) is 5.56 Å². The van der Waals surface area contributed by atoms with Crippen LogP contribution in [0.3, 0.4) is 0 Å². The summed E-state index contributed by atoms with van der Waals surface area (Å²) in [7, 11) is 0. The summed E-state index contributed by atoms with van der Waals surface area (Å²) in [4.78, 5) is 0. The third kappa shape index (κ3) is 2.41. The first-order valence-corrected chi connectivity index (χ1v) is 6.58. The summed E-state index contributed by atoms with van der Waals surface area (Å²) >= 11 is 0. The van der Waals surface area contributed by atoms with E-state index in [4.69, 9.17) is 9.84 Å². The van der Waals surface area contributed by atoms with E-state index in [9.17, 15) is 0 Å². The number of hydrogen-bond acceptors (Lipinski definition) is 3. The Labute approximate surface area is 108 Å². The van der Waals surface area contributed by atoms with Crippen molar-refractivity contribution in [1.29, 1.82) is 0 Å². The molecule has 3 nitrogen and oxygen atoms in total. The van der Waals surface area contributed by atoms with Crippen LogP contribution in [0.2, 0.25) is 0 Å². The van der Waals surface area contributed by atoms with Crippen molar-refractivity contribution >= 4 is 5.71 Å². The lowest BCUT2D eigenvalue weighted by Gasteiger charge is -2.20. The molecule has 2 heterocycles. The minimum absolute atomic E-state index is 0.0883. The van der Waals surface area contributed by atoms with Crippen LogP contribution >= 0.6 is 0 Å². The molecule has 0 spiro atoms. The third-order valence-corrected chi connectivity index (χ3v) is 3.41. The highest BCUT2D eigenvalue weighted by Gasteiger charge is 2.41. The lowest BCUT2D eigenvalue weighted by atomic mass is 9.88. The van der Waals surface area contributed by atoms with Crippen molar-refractivity contribution < 1.29 is 4.74 Å². The van der Waals surface area contributed by atoms with Gasteiger partial charge in [-0.3, -0.25) is 5.01 Å². The van der Waals surface area contributed by atoms with Crippen LogP contribution < -0.4 is 0 Å². The van der Waals surface area contributed by atoms with E-state index in [1.54, 1.807) is 0 Å². The Kier molecular flexibility index (Phi) is 2.67. The zero-order chi connectivity index (χ0) is 12.8.